The van der Waals surface area contributed by atoms with Gasteiger partial charge in [-0.05, 0) is 26.2 Å². The fourth-order valence-electron chi connectivity index (χ4n) is 1.82. The molecule has 1 heterocycles. The maximum Gasteiger partial charge on any atom is 0.321 e. The van der Waals surface area contributed by atoms with Crippen molar-refractivity contribution in [2.75, 3.05) is 13.2 Å². The smallest absolute Gasteiger partial charge is 0.321 e. The molecule has 1 N–H and O–H groups in total. The zero-order valence-electron chi connectivity index (χ0n) is 8.76. The van der Waals surface area contributed by atoms with Crippen molar-refractivity contribution in [3.05, 3.63) is 0 Å². The third kappa shape index (κ3) is 1.74. The summed E-state index contributed by atoms with van der Waals surface area (Å²) in [6, 6.07) is 0. The van der Waals surface area contributed by atoms with Crippen LogP contribution in [0.5, 0.6) is 0 Å². The Morgan fingerprint density at radius 1 is 1.57 bits per heavy atom. The van der Waals surface area contributed by atoms with Gasteiger partial charge in [-0.25, -0.2) is 0 Å². The summed E-state index contributed by atoms with van der Waals surface area (Å²) in [4.78, 5) is 23.3. The highest BCUT2D eigenvalue weighted by atomic mass is 16.5. The van der Waals surface area contributed by atoms with Crippen LogP contribution in [-0.4, -0.2) is 25.0 Å². The summed E-state index contributed by atoms with van der Waals surface area (Å²) in [7, 11) is 0. The maximum atomic E-state index is 11.7. The lowest BCUT2D eigenvalue weighted by Crippen LogP contribution is -2.51. The molecule has 0 saturated carbocycles. The van der Waals surface area contributed by atoms with Crippen molar-refractivity contribution in [1.29, 1.82) is 0 Å². The molecule has 0 aromatic carbocycles. The monoisotopic (exact) mass is 199 g/mol. The van der Waals surface area contributed by atoms with Crippen LogP contribution in [0, 0.1) is 5.41 Å². The van der Waals surface area contributed by atoms with Crippen molar-refractivity contribution in [3.8, 4) is 0 Å². The molecule has 4 nitrogen and oxygen atoms in total. The highest BCUT2D eigenvalue weighted by molar-refractivity contribution is 6.03. The number of piperidine rings is 1. The van der Waals surface area contributed by atoms with Gasteiger partial charge in [-0.1, -0.05) is 6.92 Å². The first-order valence-corrected chi connectivity index (χ1v) is 5.13. The molecule has 1 saturated heterocycles. The Labute approximate surface area is 84.0 Å². The van der Waals surface area contributed by atoms with Gasteiger partial charge in [0.2, 0.25) is 5.91 Å². The van der Waals surface area contributed by atoms with Crippen molar-refractivity contribution < 1.29 is 14.3 Å². The molecule has 1 atom stereocenters. The van der Waals surface area contributed by atoms with Crippen molar-refractivity contribution in [2.24, 2.45) is 5.41 Å². The van der Waals surface area contributed by atoms with Gasteiger partial charge in [-0.3, -0.25) is 9.59 Å². The molecule has 1 aliphatic heterocycles. The van der Waals surface area contributed by atoms with Crippen LogP contribution in [0.25, 0.3) is 0 Å². The van der Waals surface area contributed by atoms with E-state index >= 15 is 0 Å². The molecular formula is C10H17NO3. The number of nitrogens with one attached hydrogen (secondary N) is 1. The lowest BCUT2D eigenvalue weighted by Gasteiger charge is -2.32. The highest BCUT2D eigenvalue weighted by Crippen LogP contribution is 2.32. The van der Waals surface area contributed by atoms with Gasteiger partial charge in [-0.15, -0.1) is 0 Å². The second kappa shape index (κ2) is 4.44. The van der Waals surface area contributed by atoms with E-state index < -0.39 is 5.41 Å². The van der Waals surface area contributed by atoms with Crippen LogP contribution in [0.3, 0.4) is 0 Å². The minimum atomic E-state index is -0.922. The van der Waals surface area contributed by atoms with E-state index in [0.717, 1.165) is 6.42 Å². The Balaban J connectivity index is 2.82. The molecule has 0 radical (unpaired) electrons. The summed E-state index contributed by atoms with van der Waals surface area (Å²) in [6.45, 7) is 4.59. The van der Waals surface area contributed by atoms with Crippen molar-refractivity contribution in [2.45, 2.75) is 33.1 Å². The van der Waals surface area contributed by atoms with E-state index in [1.807, 2.05) is 6.92 Å². The van der Waals surface area contributed by atoms with E-state index in [0.29, 0.717) is 26.0 Å². The van der Waals surface area contributed by atoms with Gasteiger partial charge >= 0.3 is 5.97 Å². The van der Waals surface area contributed by atoms with Crippen LogP contribution in [0.4, 0.5) is 0 Å². The predicted molar refractivity (Wildman–Crippen MR) is 51.6 cm³/mol. The minimum Gasteiger partial charge on any atom is -0.465 e. The van der Waals surface area contributed by atoms with E-state index in [2.05, 4.69) is 5.32 Å². The molecule has 1 amide bonds. The lowest BCUT2D eigenvalue weighted by atomic mass is 9.77. The first kappa shape index (κ1) is 11.0. The average molecular weight is 199 g/mol. The van der Waals surface area contributed by atoms with E-state index in [4.69, 9.17) is 4.74 Å². The number of rotatable bonds is 3. The van der Waals surface area contributed by atoms with Crippen LogP contribution in [-0.2, 0) is 14.3 Å². The first-order chi connectivity index (χ1) is 6.67. The van der Waals surface area contributed by atoms with E-state index in [9.17, 15) is 9.59 Å². The average Bonchev–Trinajstić information content (AvgIpc) is 2.19. The number of ether oxygens (including phenoxy) is 1. The number of hydrogen-bond donors (Lipinski definition) is 1. The zero-order chi connectivity index (χ0) is 10.6. The van der Waals surface area contributed by atoms with Gasteiger partial charge in [0.05, 0.1) is 6.61 Å². The maximum absolute atomic E-state index is 11.7. The van der Waals surface area contributed by atoms with Crippen LogP contribution in [0.15, 0.2) is 0 Å². The van der Waals surface area contributed by atoms with Crippen molar-refractivity contribution in [1.82, 2.24) is 5.32 Å². The number of carbonyl (C=O) groups excluding carboxylic acids is 2. The third-order valence-corrected chi connectivity index (χ3v) is 2.77. The normalized spacial score (nSPS) is 26.9. The highest BCUT2D eigenvalue weighted by Gasteiger charge is 2.46. The van der Waals surface area contributed by atoms with Crippen LogP contribution in [0.2, 0.25) is 0 Å². The summed E-state index contributed by atoms with van der Waals surface area (Å²) in [5.41, 5.74) is -0.922. The van der Waals surface area contributed by atoms with E-state index in [1.165, 1.54) is 0 Å². The lowest BCUT2D eigenvalue weighted by molar-refractivity contribution is -0.163. The van der Waals surface area contributed by atoms with Crippen LogP contribution < -0.4 is 5.32 Å². The molecule has 0 aromatic rings. The Morgan fingerprint density at radius 2 is 2.29 bits per heavy atom. The largest absolute Gasteiger partial charge is 0.465 e. The SMILES string of the molecule is CCOC(=O)C1(CC)CCCNC1=O. The Morgan fingerprint density at radius 3 is 2.79 bits per heavy atom. The number of esters is 1. The summed E-state index contributed by atoms with van der Waals surface area (Å²) >= 11 is 0. The first-order valence-electron chi connectivity index (χ1n) is 5.13. The molecule has 1 aliphatic rings. The molecule has 80 valence electrons. The minimum absolute atomic E-state index is 0.176. The predicted octanol–water partition coefficient (Wildman–Crippen LogP) is 0.856. The number of carbonyl (C=O) groups is 2. The fraction of sp³-hybridized carbons (Fsp3) is 0.800. The summed E-state index contributed by atoms with van der Waals surface area (Å²) in [6.07, 6.45) is 1.96. The molecule has 1 unspecified atom stereocenters. The quantitative estimate of drug-likeness (QED) is 0.541. The third-order valence-electron chi connectivity index (χ3n) is 2.77. The summed E-state index contributed by atoms with van der Waals surface area (Å²) in [5.74, 6) is -0.551. The van der Waals surface area contributed by atoms with Gasteiger partial charge in [-0.2, -0.15) is 0 Å². The van der Waals surface area contributed by atoms with Gasteiger partial charge < -0.3 is 10.1 Å². The second-order valence-electron chi connectivity index (χ2n) is 3.52. The number of amides is 1. The van der Waals surface area contributed by atoms with Crippen LogP contribution >= 0.6 is 0 Å². The molecular weight excluding hydrogens is 182 g/mol. The van der Waals surface area contributed by atoms with Crippen LogP contribution in [0.1, 0.15) is 33.1 Å². The Bertz CT molecular complexity index is 240. The Kier molecular flexibility index (Phi) is 3.49. The standard InChI is InChI=1S/C10H17NO3/c1-3-10(9(13)14-4-2)6-5-7-11-8(10)12/h3-7H2,1-2H3,(H,11,12). The van der Waals surface area contributed by atoms with Gasteiger partial charge in [0.15, 0.2) is 0 Å². The molecule has 4 heteroatoms. The molecule has 0 aromatic heterocycles. The topological polar surface area (TPSA) is 55.4 Å². The molecule has 0 bridgehead atoms. The van der Waals surface area contributed by atoms with Crippen molar-refractivity contribution in [3.63, 3.8) is 0 Å². The molecule has 0 spiro atoms. The van der Waals surface area contributed by atoms with Gasteiger partial charge in [0.1, 0.15) is 5.41 Å². The zero-order valence-corrected chi connectivity index (χ0v) is 8.76. The molecule has 14 heavy (non-hydrogen) atoms. The summed E-state index contributed by atoms with van der Waals surface area (Å²) in [5, 5.41) is 2.72. The second-order valence-corrected chi connectivity index (χ2v) is 3.52. The van der Waals surface area contributed by atoms with Gasteiger partial charge in [0.25, 0.3) is 0 Å². The van der Waals surface area contributed by atoms with Crippen molar-refractivity contribution >= 4 is 11.9 Å². The van der Waals surface area contributed by atoms with E-state index in [-0.39, 0.29) is 11.9 Å². The molecule has 1 rings (SSSR count). The van der Waals surface area contributed by atoms with Gasteiger partial charge in [0, 0.05) is 6.54 Å². The fourth-order valence-corrected chi connectivity index (χ4v) is 1.82. The molecule has 0 aliphatic carbocycles. The number of hydrogen-bond acceptors (Lipinski definition) is 3. The molecule has 1 fully saturated rings. The Hall–Kier alpha value is -1.06. The summed E-state index contributed by atoms with van der Waals surface area (Å²) < 4.78 is 4.95. The van der Waals surface area contributed by atoms with E-state index in [1.54, 1.807) is 6.92 Å².